The van der Waals surface area contributed by atoms with E-state index < -0.39 is 15.9 Å². The lowest BCUT2D eigenvalue weighted by molar-refractivity contribution is 0.0958. The molecule has 3 rings (SSSR count). The van der Waals surface area contributed by atoms with Crippen LogP contribution < -0.4 is 24.2 Å². The summed E-state index contributed by atoms with van der Waals surface area (Å²) >= 11 is 0. The fourth-order valence-electron chi connectivity index (χ4n) is 3.55. The number of methoxy groups -OCH3 is 1. The summed E-state index contributed by atoms with van der Waals surface area (Å²) in [5, 5.41) is 20.6. The van der Waals surface area contributed by atoms with Gasteiger partial charge < -0.3 is 24.6 Å². The number of benzene rings is 3. The summed E-state index contributed by atoms with van der Waals surface area (Å²) in [6.45, 7) is 5.30. The predicted molar refractivity (Wildman–Crippen MR) is 146 cm³/mol. The Morgan fingerprint density at radius 2 is 1.69 bits per heavy atom. The van der Waals surface area contributed by atoms with Crippen LogP contribution in [0.25, 0.3) is 0 Å². The van der Waals surface area contributed by atoms with E-state index in [1.165, 1.54) is 31.4 Å². The molecular formula is C28H31N3O7S. The van der Waals surface area contributed by atoms with Crippen molar-refractivity contribution in [2.45, 2.75) is 31.1 Å². The van der Waals surface area contributed by atoms with E-state index in [2.05, 4.69) is 10.0 Å². The zero-order chi connectivity index (χ0) is 28.6. The number of carbonyl (C=O) groups is 1. The zero-order valence-electron chi connectivity index (χ0n) is 22.1. The van der Waals surface area contributed by atoms with Gasteiger partial charge in [0.05, 0.1) is 30.4 Å². The quantitative estimate of drug-likeness (QED) is 0.299. The number of ether oxygens (including phenoxy) is 3. The molecule has 0 unspecified atom stereocenters. The van der Waals surface area contributed by atoms with Gasteiger partial charge in [-0.2, -0.15) is 5.26 Å². The summed E-state index contributed by atoms with van der Waals surface area (Å²) in [5.74, 6) is -0.0808. The molecule has 0 radical (unpaired) electrons. The standard InChI is InChI=1S/C28H31N3O7S/c1-28(2,3)20-9-11-21(12-10-20)39(34,35)31-22-17-19(27(33)30-14-13-29)18-25(37-16-15-32)26(22)38-24-8-6-5-7-23(24)36-4/h5-12,17-18,31-32H,14-16H2,1-4H3,(H,30,33). The number of rotatable bonds is 11. The molecule has 39 heavy (non-hydrogen) atoms. The van der Waals surface area contributed by atoms with E-state index >= 15 is 0 Å². The van der Waals surface area contributed by atoms with E-state index in [1.54, 1.807) is 36.4 Å². The van der Waals surface area contributed by atoms with Gasteiger partial charge in [-0.15, -0.1) is 0 Å². The molecule has 3 aromatic rings. The predicted octanol–water partition coefficient (Wildman–Crippen LogP) is 4.21. The second kappa shape index (κ2) is 12.5. The van der Waals surface area contributed by atoms with Gasteiger partial charge in [0.25, 0.3) is 15.9 Å². The van der Waals surface area contributed by atoms with Crippen LogP contribution in [0.1, 0.15) is 36.7 Å². The topological polar surface area (TPSA) is 147 Å². The molecule has 3 aromatic carbocycles. The molecule has 0 aliphatic carbocycles. The number of hydrogen-bond donors (Lipinski definition) is 3. The molecule has 0 heterocycles. The Labute approximate surface area is 228 Å². The van der Waals surface area contributed by atoms with E-state index in [4.69, 9.17) is 19.5 Å². The van der Waals surface area contributed by atoms with E-state index in [1.807, 2.05) is 26.8 Å². The first-order valence-corrected chi connectivity index (χ1v) is 13.5. The van der Waals surface area contributed by atoms with Crippen molar-refractivity contribution in [3.63, 3.8) is 0 Å². The highest BCUT2D eigenvalue weighted by Gasteiger charge is 2.24. The Balaban J connectivity index is 2.15. The summed E-state index contributed by atoms with van der Waals surface area (Å²) in [7, 11) is -2.70. The highest BCUT2D eigenvalue weighted by molar-refractivity contribution is 7.92. The van der Waals surface area contributed by atoms with Gasteiger partial charge in [-0.05, 0) is 47.4 Å². The maximum atomic E-state index is 13.5. The third-order valence-electron chi connectivity index (χ3n) is 5.55. The van der Waals surface area contributed by atoms with E-state index in [0.29, 0.717) is 5.75 Å². The van der Waals surface area contributed by atoms with Crippen LogP contribution in [0.3, 0.4) is 0 Å². The smallest absolute Gasteiger partial charge is 0.262 e. The molecule has 0 aliphatic heterocycles. The van der Waals surface area contributed by atoms with Crippen LogP contribution in [0.5, 0.6) is 23.0 Å². The van der Waals surface area contributed by atoms with Crippen LogP contribution in [0.15, 0.2) is 65.6 Å². The average Bonchev–Trinajstić information content (AvgIpc) is 2.91. The Morgan fingerprint density at radius 3 is 2.28 bits per heavy atom. The number of nitrogens with zero attached hydrogens (tertiary/aromatic N) is 1. The number of aliphatic hydroxyl groups is 1. The number of sulfonamides is 1. The molecule has 3 N–H and O–H groups in total. The van der Waals surface area contributed by atoms with Gasteiger partial charge in [0, 0.05) is 5.56 Å². The fraction of sp³-hybridized carbons (Fsp3) is 0.286. The minimum atomic E-state index is -4.15. The molecule has 10 nitrogen and oxygen atoms in total. The summed E-state index contributed by atoms with van der Waals surface area (Å²) in [6.07, 6.45) is 0. The van der Waals surface area contributed by atoms with Crippen molar-refractivity contribution in [3.05, 3.63) is 71.8 Å². The highest BCUT2D eigenvalue weighted by Crippen LogP contribution is 2.43. The van der Waals surface area contributed by atoms with Crippen LogP contribution in [0, 0.1) is 11.3 Å². The molecular weight excluding hydrogens is 522 g/mol. The molecule has 0 bridgehead atoms. The van der Waals surface area contributed by atoms with Crippen molar-refractivity contribution in [3.8, 4) is 29.1 Å². The zero-order valence-corrected chi connectivity index (χ0v) is 23.0. The SMILES string of the molecule is COc1ccccc1Oc1c(NS(=O)(=O)c2ccc(C(C)(C)C)cc2)cc(C(=O)NCC#N)cc1OCCO. The summed E-state index contributed by atoms with van der Waals surface area (Å²) in [4.78, 5) is 12.7. The molecule has 0 saturated heterocycles. The summed E-state index contributed by atoms with van der Waals surface area (Å²) in [5.41, 5.74) is 0.692. The number of nitriles is 1. The number of aliphatic hydroxyl groups excluding tert-OH is 1. The van der Waals surface area contributed by atoms with Crippen molar-refractivity contribution in [1.82, 2.24) is 5.32 Å². The van der Waals surface area contributed by atoms with Crippen molar-refractivity contribution in [2.24, 2.45) is 0 Å². The van der Waals surface area contributed by atoms with Crippen LogP contribution in [-0.2, 0) is 15.4 Å². The van der Waals surface area contributed by atoms with Gasteiger partial charge in [0.2, 0.25) is 0 Å². The minimum Gasteiger partial charge on any atom is -0.493 e. The lowest BCUT2D eigenvalue weighted by atomic mass is 9.87. The molecule has 0 aromatic heterocycles. The van der Waals surface area contributed by atoms with E-state index in [0.717, 1.165) is 5.56 Å². The Kier molecular flexibility index (Phi) is 9.40. The summed E-state index contributed by atoms with van der Waals surface area (Å²) in [6, 6.07) is 17.6. The van der Waals surface area contributed by atoms with Crippen LogP contribution in [0.2, 0.25) is 0 Å². The lowest BCUT2D eigenvalue weighted by Crippen LogP contribution is -2.24. The van der Waals surface area contributed by atoms with E-state index in [9.17, 15) is 18.3 Å². The Morgan fingerprint density at radius 1 is 1.03 bits per heavy atom. The summed E-state index contributed by atoms with van der Waals surface area (Å²) < 4.78 is 46.5. The van der Waals surface area contributed by atoms with Gasteiger partial charge in [-0.3, -0.25) is 9.52 Å². The van der Waals surface area contributed by atoms with Crippen LogP contribution in [-0.4, -0.2) is 46.3 Å². The van der Waals surface area contributed by atoms with E-state index in [-0.39, 0.29) is 58.6 Å². The Bertz CT molecular complexity index is 1460. The number of anilines is 1. The molecule has 206 valence electrons. The molecule has 0 saturated carbocycles. The number of para-hydroxylation sites is 2. The van der Waals surface area contributed by atoms with Gasteiger partial charge in [0.15, 0.2) is 23.0 Å². The number of amides is 1. The largest absolute Gasteiger partial charge is 0.493 e. The number of hydrogen-bond acceptors (Lipinski definition) is 8. The third-order valence-corrected chi connectivity index (χ3v) is 6.93. The van der Waals surface area contributed by atoms with Crippen molar-refractivity contribution in [1.29, 1.82) is 5.26 Å². The maximum Gasteiger partial charge on any atom is 0.262 e. The number of carbonyl (C=O) groups excluding carboxylic acids is 1. The molecule has 0 atom stereocenters. The molecule has 11 heteroatoms. The van der Waals surface area contributed by atoms with Gasteiger partial charge in [0.1, 0.15) is 13.2 Å². The lowest BCUT2D eigenvalue weighted by Gasteiger charge is -2.21. The normalized spacial score (nSPS) is 11.3. The van der Waals surface area contributed by atoms with Crippen LogP contribution >= 0.6 is 0 Å². The highest BCUT2D eigenvalue weighted by atomic mass is 32.2. The molecule has 0 spiro atoms. The first kappa shape index (κ1) is 29.3. The second-order valence-corrected chi connectivity index (χ2v) is 11.1. The first-order valence-electron chi connectivity index (χ1n) is 12.0. The molecule has 0 aliphatic rings. The molecule has 1 amide bonds. The van der Waals surface area contributed by atoms with Gasteiger partial charge in [-0.1, -0.05) is 45.0 Å². The first-order chi connectivity index (χ1) is 18.5. The number of nitrogens with one attached hydrogen (secondary N) is 2. The maximum absolute atomic E-state index is 13.5. The molecule has 0 fully saturated rings. The second-order valence-electron chi connectivity index (χ2n) is 9.40. The van der Waals surface area contributed by atoms with Crippen molar-refractivity contribution in [2.75, 3.05) is 31.6 Å². The average molecular weight is 554 g/mol. The third kappa shape index (κ3) is 7.40. The fourth-order valence-corrected chi connectivity index (χ4v) is 4.60. The Hall–Kier alpha value is -4.27. The van der Waals surface area contributed by atoms with Gasteiger partial charge >= 0.3 is 0 Å². The monoisotopic (exact) mass is 553 g/mol. The van der Waals surface area contributed by atoms with Crippen LogP contribution in [0.4, 0.5) is 5.69 Å². The minimum absolute atomic E-state index is 0.00379. The van der Waals surface area contributed by atoms with Crippen molar-refractivity contribution < 1.29 is 32.5 Å². The van der Waals surface area contributed by atoms with Crippen molar-refractivity contribution >= 4 is 21.6 Å². The van der Waals surface area contributed by atoms with Gasteiger partial charge in [-0.25, -0.2) is 8.42 Å².